The second kappa shape index (κ2) is 9.28. The third kappa shape index (κ3) is 4.48. The molecule has 1 fully saturated rings. The van der Waals surface area contributed by atoms with Gasteiger partial charge in [-0.1, -0.05) is 17.3 Å². The summed E-state index contributed by atoms with van der Waals surface area (Å²) in [4.78, 5) is 14.0. The third-order valence-electron chi connectivity index (χ3n) is 6.56. The molecule has 0 saturated carbocycles. The third-order valence-corrected chi connectivity index (χ3v) is 6.56. The Morgan fingerprint density at radius 2 is 2.03 bits per heavy atom. The van der Waals surface area contributed by atoms with Crippen LogP contribution in [-0.4, -0.2) is 42.2 Å². The number of halogens is 1. The van der Waals surface area contributed by atoms with Gasteiger partial charge in [0.05, 0.1) is 17.7 Å². The summed E-state index contributed by atoms with van der Waals surface area (Å²) in [6.45, 7) is 3.66. The summed E-state index contributed by atoms with van der Waals surface area (Å²) in [5.74, 6) is 0.874. The molecule has 32 heavy (non-hydrogen) atoms. The van der Waals surface area contributed by atoms with E-state index < -0.39 is 0 Å². The zero-order valence-corrected chi connectivity index (χ0v) is 18.1. The minimum absolute atomic E-state index is 0.0697. The summed E-state index contributed by atoms with van der Waals surface area (Å²) >= 11 is 0. The Hall–Kier alpha value is -2.93. The molecule has 0 atom stereocenters. The van der Waals surface area contributed by atoms with Crippen LogP contribution in [0.4, 0.5) is 10.1 Å². The monoisotopic (exact) mass is 437 g/mol. The Bertz CT molecular complexity index is 1110. The molecule has 3 aromatic rings. The second-order valence-electron chi connectivity index (χ2n) is 8.72. The molecule has 0 spiro atoms. The van der Waals surface area contributed by atoms with E-state index in [2.05, 4.69) is 15.4 Å². The Kier molecular flexibility index (Phi) is 6.08. The Morgan fingerprint density at radius 3 is 2.91 bits per heavy atom. The van der Waals surface area contributed by atoms with Crippen LogP contribution >= 0.6 is 0 Å². The molecule has 2 aliphatic heterocycles. The number of aryl methyl sites for hydroxylation is 1. The maximum atomic E-state index is 14.2. The van der Waals surface area contributed by atoms with Gasteiger partial charge in [0.25, 0.3) is 0 Å². The molecule has 2 aromatic carbocycles. The van der Waals surface area contributed by atoms with Crippen LogP contribution in [0.5, 0.6) is 5.75 Å². The van der Waals surface area contributed by atoms with Crippen molar-refractivity contribution in [2.24, 2.45) is 0 Å². The van der Waals surface area contributed by atoms with Crippen LogP contribution in [0.25, 0.3) is 11.0 Å². The van der Waals surface area contributed by atoms with E-state index >= 15 is 0 Å². The fourth-order valence-corrected chi connectivity index (χ4v) is 4.75. The van der Waals surface area contributed by atoms with Gasteiger partial charge in [0, 0.05) is 24.1 Å². The highest BCUT2D eigenvalue weighted by molar-refractivity contribution is 5.94. The Morgan fingerprint density at radius 1 is 1.16 bits per heavy atom. The van der Waals surface area contributed by atoms with Crippen molar-refractivity contribution >= 4 is 22.6 Å². The number of unbranched alkanes of at least 4 members (excludes halogenated alkanes) is 1. The van der Waals surface area contributed by atoms with Crippen molar-refractivity contribution in [3.8, 4) is 5.75 Å². The SMILES string of the molecule is O=C1CCc2ccc(OCCCCN3CCC(c4noc5cccc(F)c45)CC3)cc2N1. The Balaban J connectivity index is 1.04. The number of aromatic nitrogens is 1. The number of hydrogen-bond acceptors (Lipinski definition) is 5. The van der Waals surface area contributed by atoms with Crippen molar-refractivity contribution in [1.82, 2.24) is 10.1 Å². The average molecular weight is 438 g/mol. The van der Waals surface area contributed by atoms with Crippen LogP contribution in [0.15, 0.2) is 40.9 Å². The fraction of sp³-hybridized carbons (Fsp3) is 0.440. The van der Waals surface area contributed by atoms with Crippen molar-refractivity contribution in [2.45, 2.75) is 44.4 Å². The second-order valence-corrected chi connectivity index (χ2v) is 8.72. The normalized spacial score (nSPS) is 17.3. The zero-order chi connectivity index (χ0) is 21.9. The molecular weight excluding hydrogens is 409 g/mol. The maximum absolute atomic E-state index is 14.2. The largest absolute Gasteiger partial charge is 0.494 e. The van der Waals surface area contributed by atoms with Crippen LogP contribution in [0.2, 0.25) is 0 Å². The number of ether oxygens (including phenoxy) is 1. The molecule has 1 amide bonds. The predicted octanol–water partition coefficient (Wildman–Crippen LogP) is 4.89. The number of anilines is 1. The number of benzene rings is 2. The lowest BCUT2D eigenvalue weighted by Gasteiger charge is -2.31. The van der Waals surface area contributed by atoms with E-state index in [4.69, 9.17) is 9.26 Å². The number of carbonyl (C=O) groups excluding carboxylic acids is 1. The number of nitrogens with one attached hydrogen (secondary N) is 1. The van der Waals surface area contributed by atoms with E-state index in [0.717, 1.165) is 68.9 Å². The lowest BCUT2D eigenvalue weighted by atomic mass is 9.91. The number of likely N-dealkylation sites (tertiary alicyclic amines) is 1. The number of fused-ring (bicyclic) bond motifs is 2. The molecule has 0 unspecified atom stereocenters. The molecule has 1 saturated heterocycles. The minimum Gasteiger partial charge on any atom is -0.494 e. The smallest absolute Gasteiger partial charge is 0.224 e. The van der Waals surface area contributed by atoms with E-state index in [1.54, 1.807) is 12.1 Å². The first-order valence-corrected chi connectivity index (χ1v) is 11.5. The lowest BCUT2D eigenvalue weighted by Crippen LogP contribution is -2.34. The molecular formula is C25H28FN3O3. The van der Waals surface area contributed by atoms with Gasteiger partial charge in [-0.05, 0) is 75.5 Å². The topological polar surface area (TPSA) is 67.6 Å². The maximum Gasteiger partial charge on any atom is 0.224 e. The molecule has 0 bridgehead atoms. The number of rotatable bonds is 7. The molecule has 0 aliphatic carbocycles. The molecule has 1 N–H and O–H groups in total. The quantitative estimate of drug-likeness (QED) is 0.533. The first-order chi connectivity index (χ1) is 15.7. The van der Waals surface area contributed by atoms with E-state index in [1.807, 2.05) is 18.2 Å². The van der Waals surface area contributed by atoms with Crippen LogP contribution in [0, 0.1) is 5.82 Å². The molecule has 6 nitrogen and oxygen atoms in total. The molecule has 0 radical (unpaired) electrons. The standard InChI is InChI=1S/C25H28FN3O3/c26-20-4-3-5-22-24(20)25(28-32-22)18-10-13-29(14-11-18)12-1-2-15-31-19-8-6-17-7-9-23(30)27-21(17)16-19/h3-6,8,16,18H,1-2,7,9-15H2,(H,27,30). The average Bonchev–Trinajstić information content (AvgIpc) is 3.24. The van der Waals surface area contributed by atoms with Gasteiger partial charge < -0.3 is 19.5 Å². The number of hydrogen-bond donors (Lipinski definition) is 1. The summed E-state index contributed by atoms with van der Waals surface area (Å²) in [7, 11) is 0. The first kappa shape index (κ1) is 20.9. The van der Waals surface area contributed by atoms with Gasteiger partial charge in [0.1, 0.15) is 11.6 Å². The highest BCUT2D eigenvalue weighted by Crippen LogP contribution is 2.34. The fourth-order valence-electron chi connectivity index (χ4n) is 4.75. The van der Waals surface area contributed by atoms with E-state index in [1.165, 1.54) is 11.6 Å². The predicted molar refractivity (Wildman–Crippen MR) is 121 cm³/mol. The van der Waals surface area contributed by atoms with Gasteiger partial charge in [0.15, 0.2) is 5.58 Å². The van der Waals surface area contributed by atoms with Crippen LogP contribution in [0.3, 0.4) is 0 Å². The summed E-state index contributed by atoms with van der Waals surface area (Å²) in [5.41, 5.74) is 3.35. The van der Waals surface area contributed by atoms with Gasteiger partial charge >= 0.3 is 0 Å². The van der Waals surface area contributed by atoms with Gasteiger partial charge in [-0.3, -0.25) is 4.79 Å². The minimum atomic E-state index is -0.248. The molecule has 7 heteroatoms. The van der Waals surface area contributed by atoms with Crippen LogP contribution < -0.4 is 10.1 Å². The molecule has 3 heterocycles. The van der Waals surface area contributed by atoms with E-state index in [0.29, 0.717) is 24.0 Å². The van der Waals surface area contributed by atoms with Crippen molar-refractivity contribution in [2.75, 3.05) is 31.6 Å². The van der Waals surface area contributed by atoms with Crippen LogP contribution in [-0.2, 0) is 11.2 Å². The summed E-state index contributed by atoms with van der Waals surface area (Å²) in [5, 5.41) is 7.64. The van der Waals surface area contributed by atoms with Gasteiger partial charge in [0.2, 0.25) is 5.91 Å². The zero-order valence-electron chi connectivity index (χ0n) is 18.1. The van der Waals surface area contributed by atoms with E-state index in [9.17, 15) is 9.18 Å². The lowest BCUT2D eigenvalue weighted by molar-refractivity contribution is -0.116. The highest BCUT2D eigenvalue weighted by atomic mass is 19.1. The van der Waals surface area contributed by atoms with Gasteiger partial charge in [-0.25, -0.2) is 4.39 Å². The Labute approximate surface area is 186 Å². The highest BCUT2D eigenvalue weighted by Gasteiger charge is 2.26. The van der Waals surface area contributed by atoms with Crippen molar-refractivity contribution in [3.63, 3.8) is 0 Å². The van der Waals surface area contributed by atoms with Crippen molar-refractivity contribution in [1.29, 1.82) is 0 Å². The van der Waals surface area contributed by atoms with Crippen LogP contribution in [0.1, 0.15) is 49.3 Å². The number of carbonyl (C=O) groups is 1. The number of amides is 1. The van der Waals surface area contributed by atoms with Gasteiger partial charge in [-0.2, -0.15) is 0 Å². The number of piperidine rings is 1. The van der Waals surface area contributed by atoms with Crippen molar-refractivity contribution < 1.29 is 18.4 Å². The van der Waals surface area contributed by atoms with E-state index in [-0.39, 0.29) is 17.6 Å². The molecule has 1 aromatic heterocycles. The van der Waals surface area contributed by atoms with Crippen molar-refractivity contribution in [3.05, 3.63) is 53.5 Å². The molecule has 168 valence electrons. The number of nitrogens with zero attached hydrogens (tertiary/aromatic N) is 2. The molecule has 5 rings (SSSR count). The summed E-state index contributed by atoms with van der Waals surface area (Å²) in [6, 6.07) is 10.8. The first-order valence-electron chi connectivity index (χ1n) is 11.5. The van der Waals surface area contributed by atoms with Gasteiger partial charge in [-0.15, -0.1) is 0 Å². The summed E-state index contributed by atoms with van der Waals surface area (Å²) < 4.78 is 25.5. The summed E-state index contributed by atoms with van der Waals surface area (Å²) in [6.07, 6.45) is 5.31. The molecule has 2 aliphatic rings.